The number of rotatable bonds is 3. The number of hydrogen-bond donors (Lipinski definition) is 0. The van der Waals surface area contributed by atoms with Crippen LogP contribution in [0, 0.1) is 12.3 Å². The van der Waals surface area contributed by atoms with Crippen molar-refractivity contribution in [3.05, 3.63) is 29.3 Å². The van der Waals surface area contributed by atoms with Crippen LogP contribution in [0.3, 0.4) is 0 Å². The smallest absolute Gasteiger partial charge is 0.134 e. The van der Waals surface area contributed by atoms with E-state index in [1.54, 1.807) is 14.2 Å². The largest absolute Gasteiger partial charge is 0.495 e. The summed E-state index contributed by atoms with van der Waals surface area (Å²) in [4.78, 5) is 0. The highest BCUT2D eigenvalue weighted by Crippen LogP contribution is 2.18. The van der Waals surface area contributed by atoms with E-state index in [1.807, 2.05) is 18.2 Å². The zero-order chi connectivity index (χ0) is 9.68. The Morgan fingerprint density at radius 3 is 2.69 bits per heavy atom. The molecule has 0 atom stereocenters. The van der Waals surface area contributed by atoms with Crippen LogP contribution >= 0.6 is 0 Å². The van der Waals surface area contributed by atoms with Crippen molar-refractivity contribution in [1.82, 2.24) is 0 Å². The quantitative estimate of drug-likeness (QED) is 0.654. The summed E-state index contributed by atoms with van der Waals surface area (Å²) in [6.45, 7) is 0.568. The molecule has 2 nitrogen and oxygen atoms in total. The van der Waals surface area contributed by atoms with Crippen molar-refractivity contribution in [1.29, 1.82) is 0 Å². The van der Waals surface area contributed by atoms with E-state index in [0.717, 1.165) is 16.9 Å². The average Bonchev–Trinajstić information content (AvgIpc) is 2.18. The van der Waals surface area contributed by atoms with Gasteiger partial charge < -0.3 is 9.47 Å². The molecule has 0 heterocycles. The fourth-order valence-corrected chi connectivity index (χ4v) is 1.12. The molecule has 1 rings (SSSR count). The van der Waals surface area contributed by atoms with Gasteiger partial charge in [0.15, 0.2) is 0 Å². The second-order valence-electron chi connectivity index (χ2n) is 2.61. The Kier molecular flexibility index (Phi) is 3.36. The molecule has 0 N–H and O–H groups in total. The van der Waals surface area contributed by atoms with E-state index in [4.69, 9.17) is 15.9 Å². The van der Waals surface area contributed by atoms with Crippen LogP contribution in [-0.2, 0) is 11.3 Å². The highest BCUT2D eigenvalue weighted by Gasteiger charge is 2.00. The Labute approximate surface area is 78.5 Å². The highest BCUT2D eigenvalue weighted by molar-refractivity contribution is 5.46. The van der Waals surface area contributed by atoms with Gasteiger partial charge in [-0.3, -0.25) is 0 Å². The number of benzene rings is 1. The van der Waals surface area contributed by atoms with Crippen molar-refractivity contribution < 1.29 is 9.47 Å². The third-order valence-corrected chi connectivity index (χ3v) is 1.73. The van der Waals surface area contributed by atoms with Crippen LogP contribution < -0.4 is 4.74 Å². The maximum atomic E-state index is 5.32. The zero-order valence-corrected chi connectivity index (χ0v) is 7.83. The van der Waals surface area contributed by atoms with Gasteiger partial charge in [0.2, 0.25) is 0 Å². The molecule has 2 heteroatoms. The van der Waals surface area contributed by atoms with Crippen molar-refractivity contribution in [3.8, 4) is 18.1 Å². The summed E-state index contributed by atoms with van der Waals surface area (Å²) in [5.74, 6) is 3.29. The van der Waals surface area contributed by atoms with Crippen molar-refractivity contribution in [2.45, 2.75) is 6.61 Å². The molecule has 0 aromatic heterocycles. The topological polar surface area (TPSA) is 18.5 Å². The van der Waals surface area contributed by atoms with Crippen LogP contribution in [0.5, 0.6) is 5.75 Å². The molecule has 0 saturated carbocycles. The third kappa shape index (κ3) is 2.24. The Morgan fingerprint density at radius 1 is 1.38 bits per heavy atom. The molecule has 0 radical (unpaired) electrons. The molecule has 0 fully saturated rings. The molecule has 0 saturated heterocycles. The Hall–Kier alpha value is -1.46. The van der Waals surface area contributed by atoms with Crippen LogP contribution in [0.15, 0.2) is 18.2 Å². The lowest BCUT2D eigenvalue weighted by Gasteiger charge is -2.05. The van der Waals surface area contributed by atoms with Crippen molar-refractivity contribution in [2.24, 2.45) is 0 Å². The lowest BCUT2D eigenvalue weighted by molar-refractivity contribution is 0.185. The van der Waals surface area contributed by atoms with Gasteiger partial charge in [-0.1, -0.05) is 12.0 Å². The second-order valence-corrected chi connectivity index (χ2v) is 2.61. The first-order valence-electron chi connectivity index (χ1n) is 3.94. The number of hydrogen-bond acceptors (Lipinski definition) is 2. The molecule has 13 heavy (non-hydrogen) atoms. The van der Waals surface area contributed by atoms with E-state index in [1.165, 1.54) is 0 Å². The minimum absolute atomic E-state index is 0.568. The highest BCUT2D eigenvalue weighted by atomic mass is 16.5. The SMILES string of the molecule is C#Cc1cc(COC)ccc1OC. The van der Waals surface area contributed by atoms with Gasteiger partial charge in [-0.15, -0.1) is 6.42 Å². The lowest BCUT2D eigenvalue weighted by atomic mass is 10.1. The first-order valence-corrected chi connectivity index (χ1v) is 3.94. The molecule has 1 aromatic rings. The minimum Gasteiger partial charge on any atom is -0.495 e. The number of terminal acetylenes is 1. The first kappa shape index (κ1) is 9.63. The zero-order valence-electron chi connectivity index (χ0n) is 7.83. The monoisotopic (exact) mass is 176 g/mol. The van der Waals surface area contributed by atoms with Gasteiger partial charge in [0.05, 0.1) is 19.3 Å². The van der Waals surface area contributed by atoms with Crippen LogP contribution in [0.25, 0.3) is 0 Å². The van der Waals surface area contributed by atoms with E-state index < -0.39 is 0 Å². The summed E-state index contributed by atoms with van der Waals surface area (Å²) in [6, 6.07) is 5.68. The predicted molar refractivity (Wildman–Crippen MR) is 51.6 cm³/mol. The summed E-state index contributed by atoms with van der Waals surface area (Å²) >= 11 is 0. The molecular formula is C11H12O2. The standard InChI is InChI=1S/C11H12O2/c1-4-10-7-9(8-12-2)5-6-11(10)13-3/h1,5-7H,8H2,2-3H3. The Balaban J connectivity index is 3.00. The van der Waals surface area contributed by atoms with Gasteiger partial charge in [-0.25, -0.2) is 0 Å². The lowest BCUT2D eigenvalue weighted by Crippen LogP contribution is -1.92. The molecule has 0 aliphatic rings. The van der Waals surface area contributed by atoms with Gasteiger partial charge >= 0.3 is 0 Å². The first-order chi connectivity index (χ1) is 6.31. The van der Waals surface area contributed by atoms with Gasteiger partial charge in [-0.2, -0.15) is 0 Å². The molecule has 0 aliphatic carbocycles. The fraction of sp³-hybridized carbons (Fsp3) is 0.273. The van der Waals surface area contributed by atoms with Crippen LogP contribution in [0.4, 0.5) is 0 Å². The Morgan fingerprint density at radius 2 is 2.15 bits per heavy atom. The molecule has 0 spiro atoms. The van der Waals surface area contributed by atoms with Gasteiger partial charge in [0.25, 0.3) is 0 Å². The predicted octanol–water partition coefficient (Wildman–Crippen LogP) is 1.82. The van der Waals surface area contributed by atoms with E-state index in [-0.39, 0.29) is 0 Å². The number of ether oxygens (including phenoxy) is 2. The average molecular weight is 176 g/mol. The van der Waals surface area contributed by atoms with Gasteiger partial charge in [0, 0.05) is 7.11 Å². The van der Waals surface area contributed by atoms with Gasteiger partial charge in [-0.05, 0) is 17.7 Å². The fourth-order valence-electron chi connectivity index (χ4n) is 1.12. The Bertz CT molecular complexity index is 323. The van der Waals surface area contributed by atoms with E-state index in [0.29, 0.717) is 6.61 Å². The summed E-state index contributed by atoms with van der Waals surface area (Å²) in [5.41, 5.74) is 1.81. The summed E-state index contributed by atoms with van der Waals surface area (Å²) in [7, 11) is 3.26. The molecule has 0 unspecified atom stereocenters. The van der Waals surface area contributed by atoms with Crippen LogP contribution in [-0.4, -0.2) is 14.2 Å². The summed E-state index contributed by atoms with van der Waals surface area (Å²) in [6.07, 6.45) is 5.32. The van der Waals surface area contributed by atoms with Crippen molar-refractivity contribution in [3.63, 3.8) is 0 Å². The van der Waals surface area contributed by atoms with E-state index in [2.05, 4.69) is 5.92 Å². The molecule has 1 aromatic carbocycles. The van der Waals surface area contributed by atoms with Crippen molar-refractivity contribution in [2.75, 3.05) is 14.2 Å². The molecule has 0 aliphatic heterocycles. The van der Waals surface area contributed by atoms with Gasteiger partial charge in [0.1, 0.15) is 5.75 Å². The maximum absolute atomic E-state index is 5.32. The molecule has 0 amide bonds. The second kappa shape index (κ2) is 4.54. The van der Waals surface area contributed by atoms with E-state index in [9.17, 15) is 0 Å². The minimum atomic E-state index is 0.568. The summed E-state index contributed by atoms with van der Waals surface area (Å²) < 4.78 is 10.1. The molecular weight excluding hydrogens is 164 g/mol. The maximum Gasteiger partial charge on any atom is 0.134 e. The molecule has 0 bridgehead atoms. The van der Waals surface area contributed by atoms with Crippen molar-refractivity contribution >= 4 is 0 Å². The van der Waals surface area contributed by atoms with Crippen LogP contribution in [0.2, 0.25) is 0 Å². The van der Waals surface area contributed by atoms with Crippen LogP contribution in [0.1, 0.15) is 11.1 Å². The summed E-state index contributed by atoms with van der Waals surface area (Å²) in [5, 5.41) is 0. The third-order valence-electron chi connectivity index (χ3n) is 1.73. The number of methoxy groups -OCH3 is 2. The van der Waals surface area contributed by atoms with E-state index >= 15 is 0 Å². The normalized spacial score (nSPS) is 9.31. The molecule has 68 valence electrons.